The van der Waals surface area contributed by atoms with Gasteiger partial charge in [-0.05, 0) is 18.2 Å². The molecule has 0 aliphatic carbocycles. The highest BCUT2D eigenvalue weighted by Crippen LogP contribution is 2.32. The molecule has 1 aromatic carbocycles. The molecule has 1 heterocycles. The zero-order valence-electron chi connectivity index (χ0n) is 9.46. The number of hydrogen-bond acceptors (Lipinski definition) is 3. The standard InChI is InChI=1S/C11H9ClF3N3O/c12-9-3-7(17-5-8-4-16-6-18-8)1-2-10(9)19-11(13,14)15/h1-4,6,17H,5H2,(H,16,18). The molecule has 0 bridgehead atoms. The van der Waals surface area contributed by atoms with Crippen molar-refractivity contribution in [3.05, 3.63) is 41.4 Å². The van der Waals surface area contributed by atoms with Gasteiger partial charge in [-0.3, -0.25) is 0 Å². The van der Waals surface area contributed by atoms with E-state index in [1.807, 2.05) is 0 Å². The highest BCUT2D eigenvalue weighted by atomic mass is 35.5. The molecule has 102 valence electrons. The fourth-order valence-electron chi connectivity index (χ4n) is 1.40. The van der Waals surface area contributed by atoms with Gasteiger partial charge in [-0.25, -0.2) is 4.98 Å². The molecule has 2 aromatic rings. The van der Waals surface area contributed by atoms with Crippen LogP contribution in [0.3, 0.4) is 0 Å². The van der Waals surface area contributed by atoms with E-state index >= 15 is 0 Å². The van der Waals surface area contributed by atoms with Gasteiger partial charge in [0.2, 0.25) is 0 Å². The summed E-state index contributed by atoms with van der Waals surface area (Å²) in [5.74, 6) is -0.429. The zero-order chi connectivity index (χ0) is 13.9. The minimum absolute atomic E-state index is 0.119. The maximum Gasteiger partial charge on any atom is 0.573 e. The first-order valence-corrected chi connectivity index (χ1v) is 5.58. The second kappa shape index (κ2) is 5.40. The molecule has 0 spiro atoms. The van der Waals surface area contributed by atoms with Gasteiger partial charge < -0.3 is 15.0 Å². The molecule has 8 heteroatoms. The Balaban J connectivity index is 2.02. The lowest BCUT2D eigenvalue weighted by Crippen LogP contribution is -2.17. The first kappa shape index (κ1) is 13.5. The third-order valence-electron chi connectivity index (χ3n) is 2.20. The molecule has 2 N–H and O–H groups in total. The van der Waals surface area contributed by atoms with E-state index in [1.54, 1.807) is 6.20 Å². The van der Waals surface area contributed by atoms with Crippen molar-refractivity contribution in [3.8, 4) is 5.75 Å². The third kappa shape index (κ3) is 4.06. The van der Waals surface area contributed by atoms with Gasteiger partial charge in [0.25, 0.3) is 0 Å². The lowest BCUT2D eigenvalue weighted by atomic mass is 10.3. The molecule has 2 rings (SSSR count). The minimum Gasteiger partial charge on any atom is -0.404 e. The van der Waals surface area contributed by atoms with E-state index in [-0.39, 0.29) is 5.02 Å². The van der Waals surface area contributed by atoms with Crippen LogP contribution in [0, 0.1) is 0 Å². The summed E-state index contributed by atoms with van der Waals surface area (Å²) in [4.78, 5) is 6.72. The minimum atomic E-state index is -4.76. The van der Waals surface area contributed by atoms with Gasteiger partial charge in [0.05, 0.1) is 23.6 Å². The van der Waals surface area contributed by atoms with Crippen molar-refractivity contribution in [2.24, 2.45) is 0 Å². The molecule has 0 aliphatic heterocycles. The molecular weight excluding hydrogens is 283 g/mol. The highest BCUT2D eigenvalue weighted by molar-refractivity contribution is 6.32. The number of nitrogens with one attached hydrogen (secondary N) is 2. The number of halogens is 4. The third-order valence-corrected chi connectivity index (χ3v) is 2.49. The fraction of sp³-hybridized carbons (Fsp3) is 0.182. The summed E-state index contributed by atoms with van der Waals surface area (Å²) in [7, 11) is 0. The Bertz CT molecular complexity index is 543. The first-order chi connectivity index (χ1) is 8.94. The number of aromatic nitrogens is 2. The van der Waals surface area contributed by atoms with E-state index in [4.69, 9.17) is 11.6 Å². The number of imidazole rings is 1. The van der Waals surface area contributed by atoms with Crippen LogP contribution in [0.2, 0.25) is 5.02 Å². The Labute approximate surface area is 111 Å². The van der Waals surface area contributed by atoms with Crippen LogP contribution >= 0.6 is 11.6 Å². The summed E-state index contributed by atoms with van der Waals surface area (Å²) in [5.41, 5.74) is 1.42. The Kier molecular flexibility index (Phi) is 3.84. The smallest absolute Gasteiger partial charge is 0.404 e. The Morgan fingerprint density at radius 2 is 2.16 bits per heavy atom. The van der Waals surface area contributed by atoms with Crippen molar-refractivity contribution in [2.75, 3.05) is 5.32 Å². The van der Waals surface area contributed by atoms with Gasteiger partial charge in [-0.15, -0.1) is 13.2 Å². The number of H-pyrrole nitrogens is 1. The Hall–Kier alpha value is -1.89. The van der Waals surface area contributed by atoms with Crippen LogP contribution in [0.15, 0.2) is 30.7 Å². The molecule has 0 atom stereocenters. The molecule has 4 nitrogen and oxygen atoms in total. The summed E-state index contributed by atoms with van der Waals surface area (Å²) in [5, 5.41) is 2.87. The van der Waals surface area contributed by atoms with E-state index in [9.17, 15) is 13.2 Å². The molecule has 1 aromatic heterocycles. The van der Waals surface area contributed by atoms with Crippen LogP contribution in [0.5, 0.6) is 5.75 Å². The summed E-state index contributed by atoms with van der Waals surface area (Å²) >= 11 is 5.71. The van der Waals surface area contributed by atoms with Crippen molar-refractivity contribution < 1.29 is 17.9 Å². The van der Waals surface area contributed by atoms with E-state index in [0.29, 0.717) is 12.2 Å². The second-order valence-corrected chi connectivity index (χ2v) is 4.03. The van der Waals surface area contributed by atoms with Crippen LogP contribution in [-0.2, 0) is 6.54 Å². The SMILES string of the molecule is FC(F)(F)Oc1ccc(NCc2cnc[nH]2)cc1Cl. The number of ether oxygens (including phenoxy) is 1. The average molecular weight is 292 g/mol. The van der Waals surface area contributed by atoms with Gasteiger partial charge in [-0.1, -0.05) is 11.6 Å². The van der Waals surface area contributed by atoms with Crippen molar-refractivity contribution in [2.45, 2.75) is 12.9 Å². The van der Waals surface area contributed by atoms with Gasteiger partial charge in [-0.2, -0.15) is 0 Å². The van der Waals surface area contributed by atoms with Crippen molar-refractivity contribution >= 4 is 17.3 Å². The number of hydrogen-bond donors (Lipinski definition) is 2. The lowest BCUT2D eigenvalue weighted by molar-refractivity contribution is -0.274. The normalized spacial score (nSPS) is 11.4. The average Bonchev–Trinajstić information content (AvgIpc) is 2.81. The maximum absolute atomic E-state index is 12.0. The van der Waals surface area contributed by atoms with Crippen LogP contribution in [0.25, 0.3) is 0 Å². The number of benzene rings is 1. The molecule has 0 radical (unpaired) electrons. The highest BCUT2D eigenvalue weighted by Gasteiger charge is 2.31. The number of nitrogens with zero attached hydrogens (tertiary/aromatic N) is 1. The van der Waals surface area contributed by atoms with Gasteiger partial charge in [0.1, 0.15) is 5.75 Å². The largest absolute Gasteiger partial charge is 0.573 e. The second-order valence-electron chi connectivity index (χ2n) is 3.62. The summed E-state index contributed by atoms with van der Waals surface area (Å²) < 4.78 is 39.9. The summed E-state index contributed by atoms with van der Waals surface area (Å²) in [6.07, 6.45) is -1.59. The van der Waals surface area contributed by atoms with E-state index < -0.39 is 12.1 Å². The predicted molar refractivity (Wildman–Crippen MR) is 64.0 cm³/mol. The topological polar surface area (TPSA) is 49.9 Å². The van der Waals surface area contributed by atoms with Crippen LogP contribution in [0.4, 0.5) is 18.9 Å². The van der Waals surface area contributed by atoms with Crippen LogP contribution in [0.1, 0.15) is 5.69 Å². The number of rotatable bonds is 4. The van der Waals surface area contributed by atoms with E-state index in [0.717, 1.165) is 11.8 Å². The zero-order valence-corrected chi connectivity index (χ0v) is 10.2. The predicted octanol–water partition coefficient (Wildman–Crippen LogP) is 3.57. The molecule has 19 heavy (non-hydrogen) atoms. The van der Waals surface area contributed by atoms with Crippen molar-refractivity contribution in [3.63, 3.8) is 0 Å². The lowest BCUT2D eigenvalue weighted by Gasteiger charge is -2.12. The molecule has 0 saturated heterocycles. The molecule has 0 saturated carbocycles. The van der Waals surface area contributed by atoms with Crippen LogP contribution < -0.4 is 10.1 Å². The first-order valence-electron chi connectivity index (χ1n) is 5.20. The monoisotopic (exact) mass is 291 g/mol. The fourth-order valence-corrected chi connectivity index (χ4v) is 1.62. The van der Waals surface area contributed by atoms with E-state index in [2.05, 4.69) is 20.0 Å². The number of aromatic amines is 1. The number of anilines is 1. The Morgan fingerprint density at radius 1 is 1.37 bits per heavy atom. The van der Waals surface area contributed by atoms with Gasteiger partial charge in [0.15, 0.2) is 0 Å². The molecule has 0 aliphatic rings. The van der Waals surface area contributed by atoms with Crippen molar-refractivity contribution in [1.82, 2.24) is 9.97 Å². The Morgan fingerprint density at radius 3 is 2.74 bits per heavy atom. The van der Waals surface area contributed by atoms with Gasteiger partial charge >= 0.3 is 6.36 Å². The quantitative estimate of drug-likeness (QED) is 0.905. The van der Waals surface area contributed by atoms with Gasteiger partial charge in [0, 0.05) is 11.9 Å². The summed E-state index contributed by atoms with van der Waals surface area (Å²) in [6.45, 7) is 0.454. The number of alkyl halides is 3. The van der Waals surface area contributed by atoms with E-state index in [1.165, 1.54) is 18.5 Å². The molecule has 0 unspecified atom stereocenters. The van der Waals surface area contributed by atoms with Crippen molar-refractivity contribution in [1.29, 1.82) is 0 Å². The maximum atomic E-state index is 12.0. The molecule has 0 fully saturated rings. The van der Waals surface area contributed by atoms with Crippen LogP contribution in [-0.4, -0.2) is 16.3 Å². The molecule has 0 amide bonds. The molecular formula is C11H9ClF3N3O. The summed E-state index contributed by atoms with van der Waals surface area (Å²) in [6, 6.07) is 3.97.